The average Bonchev–Trinajstić information content (AvgIpc) is 3.10. The molecule has 2 aromatic carbocycles. The van der Waals surface area contributed by atoms with Crippen LogP contribution >= 0.6 is 15.9 Å². The summed E-state index contributed by atoms with van der Waals surface area (Å²) in [6.45, 7) is 2.50. The molecule has 3 rings (SSSR count). The topological polar surface area (TPSA) is 55.8 Å². The Balaban J connectivity index is 1.66. The number of likely N-dealkylation sites (tertiary alicyclic amines) is 1. The van der Waals surface area contributed by atoms with Gasteiger partial charge >= 0.3 is 0 Å². The summed E-state index contributed by atoms with van der Waals surface area (Å²) in [6.07, 6.45) is 0.533. The van der Waals surface area contributed by atoms with Crippen LogP contribution in [0.15, 0.2) is 59.1 Å². The minimum Gasteiger partial charge on any atom is -0.392 e. The predicted molar refractivity (Wildman–Crippen MR) is 112 cm³/mol. The molecule has 0 radical (unpaired) electrons. The van der Waals surface area contributed by atoms with Crippen LogP contribution in [0.1, 0.15) is 18.0 Å². The molecule has 0 aromatic heterocycles. The molecule has 2 atom stereocenters. The zero-order valence-electron chi connectivity index (χ0n) is 15.5. The number of amides is 1. The van der Waals surface area contributed by atoms with Gasteiger partial charge in [-0.2, -0.15) is 0 Å². The number of β-amino-alcohol motifs (C(OH)–C–C–N with tert-alkyl or cyclic N) is 1. The number of carbonyl (C=O) groups is 1. The van der Waals surface area contributed by atoms with Crippen molar-refractivity contribution in [2.24, 2.45) is 0 Å². The van der Waals surface area contributed by atoms with E-state index >= 15 is 0 Å². The van der Waals surface area contributed by atoms with E-state index in [-0.39, 0.29) is 24.6 Å². The number of nitrogens with zero attached hydrogens (tertiary/aromatic N) is 2. The van der Waals surface area contributed by atoms with Gasteiger partial charge in [-0.15, -0.1) is 0 Å². The van der Waals surface area contributed by atoms with Gasteiger partial charge in [0.2, 0.25) is 5.91 Å². The standard InChI is InChI=1S/C21H26BrN3O2/c1-24(21(27)13-23-18-9-7-17(22)8-10-18)20(16-5-3-2-4-6-16)15-25-12-11-19(26)14-25/h2-10,19-20,23,26H,11-15H2,1H3. The molecule has 2 unspecified atom stereocenters. The van der Waals surface area contributed by atoms with Crippen LogP contribution < -0.4 is 5.32 Å². The Hall–Kier alpha value is -1.89. The third-order valence-electron chi connectivity index (χ3n) is 5.01. The third-order valence-corrected chi connectivity index (χ3v) is 5.54. The van der Waals surface area contributed by atoms with E-state index in [9.17, 15) is 9.90 Å². The number of aliphatic hydroxyl groups excluding tert-OH is 1. The van der Waals surface area contributed by atoms with Crippen LogP contribution in [0.5, 0.6) is 0 Å². The van der Waals surface area contributed by atoms with Gasteiger partial charge in [-0.3, -0.25) is 9.69 Å². The van der Waals surface area contributed by atoms with Crippen LogP contribution in [-0.4, -0.2) is 60.1 Å². The molecule has 144 valence electrons. The maximum absolute atomic E-state index is 12.8. The van der Waals surface area contributed by atoms with Crippen molar-refractivity contribution in [3.8, 4) is 0 Å². The van der Waals surface area contributed by atoms with Gasteiger partial charge in [0.1, 0.15) is 0 Å². The average molecular weight is 432 g/mol. The van der Waals surface area contributed by atoms with Crippen molar-refractivity contribution in [1.82, 2.24) is 9.80 Å². The van der Waals surface area contributed by atoms with Crippen molar-refractivity contribution in [3.63, 3.8) is 0 Å². The van der Waals surface area contributed by atoms with Gasteiger partial charge in [0, 0.05) is 36.8 Å². The first-order valence-corrected chi connectivity index (χ1v) is 10.0. The molecule has 0 aliphatic carbocycles. The fourth-order valence-corrected chi connectivity index (χ4v) is 3.66. The highest BCUT2D eigenvalue weighted by Gasteiger charge is 2.27. The minimum absolute atomic E-state index is 0.0338. The van der Waals surface area contributed by atoms with E-state index in [0.717, 1.165) is 35.2 Å². The number of anilines is 1. The summed E-state index contributed by atoms with van der Waals surface area (Å²) < 4.78 is 1.01. The lowest BCUT2D eigenvalue weighted by atomic mass is 10.0. The minimum atomic E-state index is -0.262. The second kappa shape index (κ2) is 9.35. The summed E-state index contributed by atoms with van der Waals surface area (Å²) in [4.78, 5) is 16.9. The summed E-state index contributed by atoms with van der Waals surface area (Å²) in [7, 11) is 1.86. The number of halogens is 1. The van der Waals surface area contributed by atoms with Gasteiger partial charge in [-0.25, -0.2) is 0 Å². The number of benzene rings is 2. The largest absolute Gasteiger partial charge is 0.392 e. The predicted octanol–water partition coefficient (Wildman–Crippen LogP) is 3.13. The summed E-state index contributed by atoms with van der Waals surface area (Å²) in [5.41, 5.74) is 2.03. The quantitative estimate of drug-likeness (QED) is 0.706. The molecule has 2 aromatic rings. The Bertz CT molecular complexity index is 739. The lowest BCUT2D eigenvalue weighted by Gasteiger charge is -2.32. The van der Waals surface area contributed by atoms with Crippen molar-refractivity contribution in [2.75, 3.05) is 38.5 Å². The zero-order chi connectivity index (χ0) is 19.2. The second-order valence-corrected chi connectivity index (χ2v) is 7.91. The van der Waals surface area contributed by atoms with Crippen LogP contribution in [0.25, 0.3) is 0 Å². The molecule has 0 spiro atoms. The Morgan fingerprint density at radius 2 is 1.96 bits per heavy atom. The summed E-state index contributed by atoms with van der Waals surface area (Å²) in [5.74, 6) is 0.0338. The zero-order valence-corrected chi connectivity index (χ0v) is 17.1. The van der Waals surface area contributed by atoms with E-state index in [2.05, 4.69) is 38.3 Å². The fourth-order valence-electron chi connectivity index (χ4n) is 3.39. The first kappa shape index (κ1) is 19.9. The third kappa shape index (κ3) is 5.54. The highest BCUT2D eigenvalue weighted by atomic mass is 79.9. The number of likely N-dealkylation sites (N-methyl/N-ethyl adjacent to an activating group) is 1. The number of aliphatic hydroxyl groups is 1. The van der Waals surface area contributed by atoms with Crippen molar-refractivity contribution >= 4 is 27.5 Å². The number of hydrogen-bond acceptors (Lipinski definition) is 4. The summed E-state index contributed by atoms with van der Waals surface area (Å²) in [5, 5.41) is 13.0. The number of hydrogen-bond donors (Lipinski definition) is 2. The van der Waals surface area contributed by atoms with Crippen LogP contribution in [-0.2, 0) is 4.79 Å². The van der Waals surface area contributed by atoms with Crippen molar-refractivity contribution in [1.29, 1.82) is 0 Å². The molecule has 1 aliphatic rings. The molecule has 1 amide bonds. The molecule has 1 heterocycles. The van der Waals surface area contributed by atoms with Gasteiger partial charge in [-0.1, -0.05) is 46.3 Å². The molecule has 0 bridgehead atoms. The lowest BCUT2D eigenvalue weighted by Crippen LogP contribution is -2.41. The molecular weight excluding hydrogens is 406 g/mol. The van der Waals surface area contributed by atoms with Crippen LogP contribution in [0.2, 0.25) is 0 Å². The molecule has 2 N–H and O–H groups in total. The second-order valence-electron chi connectivity index (χ2n) is 6.99. The molecule has 27 heavy (non-hydrogen) atoms. The van der Waals surface area contributed by atoms with E-state index in [0.29, 0.717) is 6.54 Å². The highest BCUT2D eigenvalue weighted by Crippen LogP contribution is 2.23. The fraction of sp³-hybridized carbons (Fsp3) is 0.381. The van der Waals surface area contributed by atoms with Gasteiger partial charge in [0.05, 0.1) is 18.7 Å². The Labute approximate surface area is 169 Å². The maximum atomic E-state index is 12.8. The van der Waals surface area contributed by atoms with Crippen molar-refractivity contribution in [2.45, 2.75) is 18.6 Å². The van der Waals surface area contributed by atoms with Crippen molar-refractivity contribution < 1.29 is 9.90 Å². The van der Waals surface area contributed by atoms with E-state index in [1.807, 2.05) is 54.4 Å². The van der Waals surface area contributed by atoms with Gasteiger partial charge in [0.15, 0.2) is 0 Å². The normalized spacial score (nSPS) is 18.3. The van der Waals surface area contributed by atoms with Crippen LogP contribution in [0.4, 0.5) is 5.69 Å². The van der Waals surface area contributed by atoms with Crippen molar-refractivity contribution in [3.05, 3.63) is 64.6 Å². The lowest BCUT2D eigenvalue weighted by molar-refractivity contribution is -0.130. The van der Waals surface area contributed by atoms with E-state index in [4.69, 9.17) is 0 Å². The van der Waals surface area contributed by atoms with Crippen LogP contribution in [0, 0.1) is 0 Å². The van der Waals surface area contributed by atoms with E-state index in [1.165, 1.54) is 0 Å². The van der Waals surface area contributed by atoms with Gasteiger partial charge < -0.3 is 15.3 Å². The molecule has 0 saturated carbocycles. The van der Waals surface area contributed by atoms with E-state index in [1.54, 1.807) is 0 Å². The Morgan fingerprint density at radius 1 is 1.26 bits per heavy atom. The molecule has 6 heteroatoms. The Morgan fingerprint density at radius 3 is 2.59 bits per heavy atom. The van der Waals surface area contributed by atoms with Gasteiger partial charge in [0.25, 0.3) is 0 Å². The molecule has 5 nitrogen and oxygen atoms in total. The SMILES string of the molecule is CN(C(=O)CNc1ccc(Br)cc1)C(CN1CCC(O)C1)c1ccccc1. The summed E-state index contributed by atoms with van der Waals surface area (Å²) >= 11 is 3.41. The Kier molecular flexibility index (Phi) is 6.88. The molecular formula is C21H26BrN3O2. The first-order valence-electron chi connectivity index (χ1n) is 9.23. The summed E-state index contributed by atoms with van der Waals surface area (Å²) in [6, 6.07) is 17.8. The van der Waals surface area contributed by atoms with Gasteiger partial charge in [-0.05, 0) is 36.2 Å². The number of nitrogens with one attached hydrogen (secondary N) is 1. The maximum Gasteiger partial charge on any atom is 0.242 e. The first-order chi connectivity index (χ1) is 13.0. The number of rotatable bonds is 7. The molecule has 1 aliphatic heterocycles. The highest BCUT2D eigenvalue weighted by molar-refractivity contribution is 9.10. The van der Waals surface area contributed by atoms with Crippen LogP contribution in [0.3, 0.4) is 0 Å². The molecule has 1 fully saturated rings. The molecule has 1 saturated heterocycles. The monoisotopic (exact) mass is 431 g/mol. The number of carbonyl (C=O) groups excluding carboxylic acids is 1. The van der Waals surface area contributed by atoms with E-state index < -0.39 is 0 Å². The smallest absolute Gasteiger partial charge is 0.242 e.